The maximum Gasteiger partial charge on any atom is 0.306 e. The number of halogens is 2. The molecule has 0 radical (unpaired) electrons. The molecule has 0 spiro atoms. The first-order valence-corrected chi connectivity index (χ1v) is 12.3. The van der Waals surface area contributed by atoms with Crippen LogP contribution in [-0.4, -0.2) is 35.2 Å². The van der Waals surface area contributed by atoms with Crippen LogP contribution in [0.4, 0.5) is 4.39 Å². The van der Waals surface area contributed by atoms with Gasteiger partial charge in [-0.05, 0) is 66.9 Å². The smallest absolute Gasteiger partial charge is 0.306 e. The Morgan fingerprint density at radius 2 is 1.94 bits per heavy atom. The van der Waals surface area contributed by atoms with Gasteiger partial charge in [0.15, 0.2) is 17.2 Å². The molecule has 31 heavy (non-hydrogen) atoms. The van der Waals surface area contributed by atoms with Crippen LogP contribution in [0.3, 0.4) is 0 Å². The van der Waals surface area contributed by atoms with Crippen molar-refractivity contribution in [2.24, 2.45) is 34.5 Å². The second-order valence-electron chi connectivity index (χ2n) is 10.8. The summed E-state index contributed by atoms with van der Waals surface area (Å²) in [4.78, 5) is 37.7. The highest BCUT2D eigenvalue weighted by Crippen LogP contribution is 2.69. The molecule has 0 heterocycles. The highest BCUT2D eigenvalue weighted by atomic mass is 35.5. The zero-order valence-corrected chi connectivity index (χ0v) is 19.8. The third-order valence-electron chi connectivity index (χ3n) is 9.58. The average molecular weight is 453 g/mol. The summed E-state index contributed by atoms with van der Waals surface area (Å²) in [6, 6.07) is 0. The van der Waals surface area contributed by atoms with Crippen LogP contribution in [-0.2, 0) is 19.1 Å². The topological polar surface area (TPSA) is 60.4 Å². The fraction of sp³-hybridized carbons (Fsp3) is 0.800. The van der Waals surface area contributed by atoms with E-state index in [4.69, 9.17) is 16.3 Å². The molecule has 6 heteroatoms. The number of Topliss-reactive ketones (excluding diaryl/α,β-unsaturated/α-hetero) is 1. The molecule has 0 aromatic heterocycles. The van der Waals surface area contributed by atoms with Crippen molar-refractivity contribution in [2.45, 2.75) is 84.4 Å². The van der Waals surface area contributed by atoms with Crippen molar-refractivity contribution in [3.05, 3.63) is 11.6 Å². The van der Waals surface area contributed by atoms with Gasteiger partial charge in [-0.1, -0.05) is 27.7 Å². The Kier molecular flexibility index (Phi) is 5.68. The second-order valence-corrected chi connectivity index (χ2v) is 11.0. The molecule has 0 unspecified atom stereocenters. The Labute approximate surface area is 189 Å². The van der Waals surface area contributed by atoms with Crippen LogP contribution < -0.4 is 0 Å². The zero-order chi connectivity index (χ0) is 22.8. The number of carbonyl (C=O) groups is 3. The molecule has 4 aliphatic rings. The Morgan fingerprint density at radius 1 is 1.23 bits per heavy atom. The number of fused-ring (bicyclic) bond motifs is 5. The van der Waals surface area contributed by atoms with Crippen molar-refractivity contribution in [3.63, 3.8) is 0 Å². The first kappa shape index (κ1) is 22.9. The fourth-order valence-electron chi connectivity index (χ4n) is 8.10. The Bertz CT molecular complexity index is 839. The third-order valence-corrected chi connectivity index (χ3v) is 9.82. The summed E-state index contributed by atoms with van der Waals surface area (Å²) >= 11 is 6.05. The van der Waals surface area contributed by atoms with Gasteiger partial charge in [-0.25, -0.2) is 4.39 Å². The normalized spacial score (nSPS) is 46.5. The van der Waals surface area contributed by atoms with E-state index in [1.54, 1.807) is 13.0 Å². The number of rotatable bonds is 4. The Morgan fingerprint density at radius 3 is 2.58 bits per heavy atom. The third kappa shape index (κ3) is 3.01. The molecule has 3 saturated carbocycles. The maximum absolute atomic E-state index is 15.5. The van der Waals surface area contributed by atoms with Crippen molar-refractivity contribution < 1.29 is 23.5 Å². The van der Waals surface area contributed by atoms with Gasteiger partial charge in [0.1, 0.15) is 6.17 Å². The van der Waals surface area contributed by atoms with E-state index < -0.39 is 17.2 Å². The van der Waals surface area contributed by atoms with E-state index in [-0.39, 0.29) is 58.9 Å². The van der Waals surface area contributed by atoms with E-state index in [0.29, 0.717) is 24.8 Å². The van der Waals surface area contributed by atoms with Crippen LogP contribution in [0.5, 0.6) is 0 Å². The lowest BCUT2D eigenvalue weighted by atomic mass is 9.46. The molecule has 4 rings (SSSR count). The van der Waals surface area contributed by atoms with E-state index in [1.165, 1.54) is 0 Å². The van der Waals surface area contributed by atoms with E-state index >= 15 is 4.39 Å². The van der Waals surface area contributed by atoms with Gasteiger partial charge in [0.2, 0.25) is 0 Å². The van der Waals surface area contributed by atoms with Crippen molar-refractivity contribution in [1.29, 1.82) is 0 Å². The summed E-state index contributed by atoms with van der Waals surface area (Å²) in [7, 11) is 0. The second kappa shape index (κ2) is 7.67. The van der Waals surface area contributed by atoms with Crippen LogP contribution in [0.15, 0.2) is 11.6 Å². The summed E-state index contributed by atoms with van der Waals surface area (Å²) in [6.07, 6.45) is 4.45. The van der Waals surface area contributed by atoms with E-state index in [9.17, 15) is 14.4 Å². The first-order chi connectivity index (χ1) is 14.5. The quantitative estimate of drug-likeness (QED) is 0.433. The molecule has 0 aliphatic heterocycles. The predicted octanol–water partition coefficient (Wildman–Crippen LogP) is 5.21. The molecule has 0 aromatic carbocycles. The van der Waals surface area contributed by atoms with Crippen LogP contribution in [0.2, 0.25) is 0 Å². The van der Waals surface area contributed by atoms with Crippen LogP contribution in [0.25, 0.3) is 0 Å². The van der Waals surface area contributed by atoms with E-state index in [0.717, 1.165) is 19.3 Å². The number of esters is 1. The van der Waals surface area contributed by atoms with Gasteiger partial charge in [-0.3, -0.25) is 14.4 Å². The van der Waals surface area contributed by atoms with E-state index in [2.05, 4.69) is 13.8 Å². The first-order valence-electron chi connectivity index (χ1n) is 11.7. The molecule has 172 valence electrons. The predicted molar refractivity (Wildman–Crippen MR) is 116 cm³/mol. The minimum absolute atomic E-state index is 0.0296. The van der Waals surface area contributed by atoms with Crippen LogP contribution in [0, 0.1) is 34.5 Å². The molecule has 4 nitrogen and oxygen atoms in total. The molecule has 0 N–H and O–H groups in total. The van der Waals surface area contributed by atoms with Gasteiger partial charge in [0.05, 0.1) is 5.88 Å². The monoisotopic (exact) mass is 452 g/mol. The lowest BCUT2D eigenvalue weighted by molar-refractivity contribution is -0.194. The van der Waals surface area contributed by atoms with Crippen molar-refractivity contribution >= 4 is 29.1 Å². The molecule has 0 amide bonds. The van der Waals surface area contributed by atoms with E-state index in [1.807, 2.05) is 6.92 Å². The SMILES string of the molecule is CCC(=O)O[C@@]1(C(=O)CCl)[C@@H](C)C[C@H]2[C@@H]3C[C@@H](F)C4=CC(=O)CC[C@]4(C)[C@H]3CC[C@@]21C. The number of alkyl halides is 2. The summed E-state index contributed by atoms with van der Waals surface area (Å²) in [5, 5.41) is 0. The average Bonchev–Trinajstić information content (AvgIpc) is 2.96. The summed E-state index contributed by atoms with van der Waals surface area (Å²) in [5.74, 6) is -0.507. The molecule has 0 saturated heterocycles. The van der Waals surface area contributed by atoms with Gasteiger partial charge in [-0.15, -0.1) is 11.6 Å². The minimum atomic E-state index is -1.25. The largest absolute Gasteiger partial charge is 0.450 e. The van der Waals surface area contributed by atoms with Crippen molar-refractivity contribution in [1.82, 2.24) is 0 Å². The van der Waals surface area contributed by atoms with Gasteiger partial charge < -0.3 is 4.74 Å². The lowest BCUT2D eigenvalue weighted by Crippen LogP contribution is -2.61. The number of carbonyl (C=O) groups excluding carboxylic acids is 3. The van der Waals surface area contributed by atoms with Crippen LogP contribution >= 0.6 is 11.6 Å². The van der Waals surface area contributed by atoms with Gasteiger partial charge in [-0.2, -0.15) is 0 Å². The van der Waals surface area contributed by atoms with Crippen molar-refractivity contribution in [2.75, 3.05) is 5.88 Å². The maximum atomic E-state index is 15.5. The Hall–Kier alpha value is -1.23. The summed E-state index contributed by atoms with van der Waals surface area (Å²) in [6.45, 7) is 7.90. The summed E-state index contributed by atoms with van der Waals surface area (Å²) < 4.78 is 21.5. The minimum Gasteiger partial charge on any atom is -0.450 e. The lowest BCUT2D eigenvalue weighted by Gasteiger charge is -2.59. The van der Waals surface area contributed by atoms with Gasteiger partial charge >= 0.3 is 5.97 Å². The molecule has 0 bridgehead atoms. The molecule has 0 aromatic rings. The van der Waals surface area contributed by atoms with Crippen LogP contribution in [0.1, 0.15) is 72.6 Å². The molecule has 4 aliphatic carbocycles. The Balaban J connectivity index is 1.77. The number of hydrogen-bond acceptors (Lipinski definition) is 4. The molecule has 3 fully saturated rings. The molecular formula is C25H34ClFO4. The fourth-order valence-corrected chi connectivity index (χ4v) is 8.30. The highest BCUT2D eigenvalue weighted by Gasteiger charge is 2.71. The number of ether oxygens (including phenoxy) is 1. The molecular weight excluding hydrogens is 419 g/mol. The zero-order valence-electron chi connectivity index (χ0n) is 19.0. The molecule has 8 atom stereocenters. The van der Waals surface area contributed by atoms with Gasteiger partial charge in [0, 0.05) is 24.2 Å². The highest BCUT2D eigenvalue weighted by molar-refractivity contribution is 6.29. The summed E-state index contributed by atoms with van der Waals surface area (Å²) in [5.41, 5.74) is -1.45. The number of ketones is 2. The standard InChI is InChI=1S/C25H34ClFO4/c1-5-22(30)31-25(21(29)13-26)14(2)10-18-16-12-20(27)19-11-15(28)6-8-23(19,3)17(16)7-9-24(18,25)4/h11,14,16-18,20H,5-10,12-13H2,1-4H3/t14-,16+,17-,18-,20+,23+,24-,25+/m0/s1. The van der Waals surface area contributed by atoms with Crippen molar-refractivity contribution in [3.8, 4) is 0 Å². The number of allylic oxidation sites excluding steroid dienone is 1. The number of hydrogen-bond donors (Lipinski definition) is 0. The van der Waals surface area contributed by atoms with Gasteiger partial charge in [0.25, 0.3) is 0 Å².